The Balaban J connectivity index is 0.000000223. The molecule has 0 saturated heterocycles. The van der Waals surface area contributed by atoms with Crippen LogP contribution in [0.1, 0.15) is 92.9 Å². The summed E-state index contributed by atoms with van der Waals surface area (Å²) >= 11 is 2.15. The Labute approximate surface area is 172 Å². The Hall–Kier alpha value is 0.210. The molecule has 3 saturated carbocycles. The van der Waals surface area contributed by atoms with Crippen molar-refractivity contribution in [1.29, 1.82) is 0 Å². The molecule has 0 radical (unpaired) electrons. The van der Waals surface area contributed by atoms with E-state index in [9.17, 15) is 0 Å². The fourth-order valence-electron chi connectivity index (χ4n) is 4.79. The Morgan fingerprint density at radius 1 is 1.08 bits per heavy atom. The lowest BCUT2D eigenvalue weighted by Gasteiger charge is -2.30. The summed E-state index contributed by atoms with van der Waals surface area (Å²) in [5.74, 6) is 3.01. The molecule has 4 aliphatic rings. The topological polar surface area (TPSA) is 0 Å². The Morgan fingerprint density at radius 2 is 1.72 bits per heavy atom. The van der Waals surface area contributed by atoms with Gasteiger partial charge in [0.1, 0.15) is 0 Å². The first kappa shape index (κ1) is 23.2. The van der Waals surface area contributed by atoms with E-state index in [-0.39, 0.29) is 7.43 Å². The second-order valence-electron chi connectivity index (χ2n) is 9.55. The molecule has 25 heavy (non-hydrogen) atoms. The van der Waals surface area contributed by atoms with Gasteiger partial charge in [0.25, 0.3) is 0 Å². The van der Waals surface area contributed by atoms with Crippen LogP contribution in [-0.2, 0) is 0 Å². The molecule has 0 nitrogen and oxygen atoms in total. The van der Waals surface area contributed by atoms with E-state index in [2.05, 4.69) is 62.9 Å². The summed E-state index contributed by atoms with van der Waals surface area (Å²) < 4.78 is 0. The zero-order valence-corrected chi connectivity index (χ0v) is 18.9. The van der Waals surface area contributed by atoms with Gasteiger partial charge < -0.3 is 0 Å². The average Bonchev–Trinajstić information content (AvgIpc) is 3.46. The number of alkyl halides is 1. The van der Waals surface area contributed by atoms with E-state index in [0.29, 0.717) is 0 Å². The third-order valence-corrected chi connectivity index (χ3v) is 7.53. The zero-order valence-electron chi connectivity index (χ0n) is 16.8. The highest BCUT2D eigenvalue weighted by atomic mass is 127. The maximum absolute atomic E-state index is 3.97. The van der Waals surface area contributed by atoms with Gasteiger partial charge in [0.15, 0.2) is 0 Å². The Kier molecular flexibility index (Phi) is 8.76. The van der Waals surface area contributed by atoms with E-state index in [1.165, 1.54) is 44.1 Å². The molecule has 4 unspecified atom stereocenters. The van der Waals surface area contributed by atoms with Gasteiger partial charge in [-0.3, -0.25) is 0 Å². The maximum atomic E-state index is 3.97. The molecule has 146 valence electrons. The zero-order chi connectivity index (χ0) is 18.0. The number of fused-ring (bicyclic) bond motifs is 1. The van der Waals surface area contributed by atoms with Crippen LogP contribution in [0.2, 0.25) is 0 Å². The largest absolute Gasteiger partial charge is 0.0998 e. The molecule has 0 heterocycles. The molecule has 4 rings (SSSR count). The summed E-state index contributed by atoms with van der Waals surface area (Å²) in [4.78, 5) is 1.97. The van der Waals surface area contributed by atoms with E-state index in [1.807, 2.05) is 4.93 Å². The monoisotopic (exact) mass is 458 g/mol. The molecule has 0 amide bonds. The molecule has 3 fully saturated rings. The molecule has 4 aliphatic carbocycles. The first-order valence-corrected chi connectivity index (χ1v) is 12.2. The van der Waals surface area contributed by atoms with Gasteiger partial charge in [-0.25, -0.2) is 0 Å². The lowest BCUT2D eigenvalue weighted by Crippen LogP contribution is -2.20. The lowest BCUT2D eigenvalue weighted by atomic mass is 9.75. The molecular formula is C24H43I. The fourth-order valence-corrected chi connectivity index (χ4v) is 4.79. The summed E-state index contributed by atoms with van der Waals surface area (Å²) in [6, 6.07) is 0. The van der Waals surface area contributed by atoms with Crippen molar-refractivity contribution in [3.8, 4) is 0 Å². The van der Waals surface area contributed by atoms with Crippen LogP contribution in [0.4, 0.5) is 0 Å². The molecule has 0 bridgehead atoms. The van der Waals surface area contributed by atoms with Crippen molar-refractivity contribution in [2.45, 2.75) is 92.9 Å². The van der Waals surface area contributed by atoms with Gasteiger partial charge in [-0.1, -0.05) is 67.7 Å². The summed E-state index contributed by atoms with van der Waals surface area (Å²) in [6.45, 7) is 13.3. The van der Waals surface area contributed by atoms with Gasteiger partial charge in [0.05, 0.1) is 0 Å². The number of hydrogen-bond donors (Lipinski definition) is 0. The standard InChI is InChI=1S/C12H20.C10H16.CH3I.CH4/c1-11(5-6-11)9-3-4-12(2)8-10(12)7-9;1-8(2)10-6-4-9(3)5-7-10;1-2;/h9-10H,3-8H2,1-2H3;4,10H,1,5-7H2,2-3H3;1H3;1H4. The average molecular weight is 459 g/mol. The van der Waals surface area contributed by atoms with Crippen LogP contribution in [0.3, 0.4) is 0 Å². The van der Waals surface area contributed by atoms with Crippen molar-refractivity contribution in [1.82, 2.24) is 0 Å². The lowest BCUT2D eigenvalue weighted by molar-refractivity contribution is 0.202. The quantitative estimate of drug-likeness (QED) is 0.221. The van der Waals surface area contributed by atoms with E-state index in [1.54, 1.807) is 24.8 Å². The van der Waals surface area contributed by atoms with Crippen molar-refractivity contribution < 1.29 is 0 Å². The summed E-state index contributed by atoms with van der Waals surface area (Å²) in [5.41, 5.74) is 4.53. The molecule has 1 heteroatoms. The van der Waals surface area contributed by atoms with Crippen LogP contribution < -0.4 is 0 Å². The minimum Gasteiger partial charge on any atom is -0.0998 e. The molecular weight excluding hydrogens is 415 g/mol. The van der Waals surface area contributed by atoms with Crippen molar-refractivity contribution >= 4 is 22.6 Å². The van der Waals surface area contributed by atoms with Crippen LogP contribution in [-0.4, -0.2) is 4.93 Å². The van der Waals surface area contributed by atoms with Crippen LogP contribution in [0.5, 0.6) is 0 Å². The summed E-state index contributed by atoms with van der Waals surface area (Å²) in [5, 5.41) is 0. The molecule has 0 spiro atoms. The van der Waals surface area contributed by atoms with E-state index < -0.39 is 0 Å². The van der Waals surface area contributed by atoms with Crippen LogP contribution in [0.15, 0.2) is 23.8 Å². The van der Waals surface area contributed by atoms with E-state index in [4.69, 9.17) is 0 Å². The molecule has 0 aromatic rings. The molecule has 0 aromatic carbocycles. The van der Waals surface area contributed by atoms with Gasteiger partial charge in [0, 0.05) is 0 Å². The highest BCUT2D eigenvalue weighted by Crippen LogP contribution is 2.67. The van der Waals surface area contributed by atoms with Crippen LogP contribution >= 0.6 is 22.6 Å². The smallest absolute Gasteiger partial charge is 0.0121 e. The molecule has 4 atom stereocenters. The van der Waals surface area contributed by atoms with Gasteiger partial charge in [-0.05, 0) is 105 Å². The van der Waals surface area contributed by atoms with Crippen molar-refractivity contribution in [3.63, 3.8) is 0 Å². The first-order chi connectivity index (χ1) is 11.3. The van der Waals surface area contributed by atoms with Crippen LogP contribution in [0.25, 0.3) is 0 Å². The Bertz CT molecular complexity index is 470. The van der Waals surface area contributed by atoms with Gasteiger partial charge in [-0.15, -0.1) is 0 Å². The van der Waals surface area contributed by atoms with Crippen molar-refractivity contribution in [2.24, 2.45) is 28.6 Å². The maximum Gasteiger partial charge on any atom is -0.0121 e. The number of allylic oxidation sites excluding steroid dienone is 3. The number of halogens is 1. The minimum absolute atomic E-state index is 0. The highest BCUT2D eigenvalue weighted by Gasteiger charge is 2.57. The third kappa shape index (κ3) is 6.11. The molecule has 0 N–H and O–H groups in total. The second kappa shape index (κ2) is 9.42. The van der Waals surface area contributed by atoms with Crippen molar-refractivity contribution in [3.05, 3.63) is 23.8 Å². The van der Waals surface area contributed by atoms with E-state index >= 15 is 0 Å². The van der Waals surface area contributed by atoms with Crippen LogP contribution in [0, 0.1) is 28.6 Å². The normalized spacial score (nSPS) is 36.7. The van der Waals surface area contributed by atoms with Gasteiger partial charge in [-0.2, -0.15) is 0 Å². The third-order valence-electron chi connectivity index (χ3n) is 7.53. The minimum atomic E-state index is 0. The molecule has 0 aliphatic heterocycles. The van der Waals surface area contributed by atoms with Gasteiger partial charge in [0.2, 0.25) is 0 Å². The SMILES string of the molecule is C.C=C(C)C1CC=C(C)CC1.CC1(C2CCC3(C)CC3C2)CC1.CI. The second-order valence-corrected chi connectivity index (χ2v) is 9.55. The fraction of sp³-hybridized carbons (Fsp3) is 0.833. The molecule has 0 aromatic heterocycles. The van der Waals surface area contributed by atoms with Gasteiger partial charge >= 0.3 is 0 Å². The predicted octanol–water partition coefficient (Wildman–Crippen LogP) is 8.61. The summed E-state index contributed by atoms with van der Waals surface area (Å²) in [6.07, 6.45) is 15.4. The number of hydrogen-bond acceptors (Lipinski definition) is 0. The first-order valence-electron chi connectivity index (χ1n) is 10.0. The predicted molar refractivity (Wildman–Crippen MR) is 123 cm³/mol. The number of rotatable bonds is 2. The highest BCUT2D eigenvalue weighted by molar-refractivity contribution is 14.1. The summed E-state index contributed by atoms with van der Waals surface area (Å²) in [7, 11) is 0. The van der Waals surface area contributed by atoms with Crippen molar-refractivity contribution in [2.75, 3.05) is 4.93 Å². The van der Waals surface area contributed by atoms with E-state index in [0.717, 1.165) is 28.6 Å². The Morgan fingerprint density at radius 3 is 2.16 bits per heavy atom.